The summed E-state index contributed by atoms with van der Waals surface area (Å²) in [6.07, 6.45) is 3.50. The molecule has 3 aromatic rings. The minimum absolute atomic E-state index is 0.0209. The molecule has 5 heteroatoms. The molecule has 0 spiro atoms. The molecule has 0 aliphatic rings. The highest BCUT2D eigenvalue weighted by atomic mass is 16.3. The maximum atomic E-state index is 12.3. The number of carbonyl (C=O) groups is 1. The van der Waals surface area contributed by atoms with Gasteiger partial charge in [-0.1, -0.05) is 42.5 Å². The molecule has 0 unspecified atom stereocenters. The van der Waals surface area contributed by atoms with E-state index in [-0.39, 0.29) is 12.3 Å². The Kier molecular flexibility index (Phi) is 4.44. The lowest BCUT2D eigenvalue weighted by Gasteiger charge is -2.23. The molecular weight excluding hydrogens is 302 g/mol. The zero-order valence-electron chi connectivity index (χ0n) is 13.4. The number of aliphatic hydroxyl groups is 1. The van der Waals surface area contributed by atoms with Crippen molar-refractivity contribution in [3.05, 3.63) is 72.6 Å². The van der Waals surface area contributed by atoms with Gasteiger partial charge in [-0.3, -0.25) is 9.89 Å². The van der Waals surface area contributed by atoms with Gasteiger partial charge in [-0.05, 0) is 30.2 Å². The van der Waals surface area contributed by atoms with Crippen molar-refractivity contribution in [1.29, 1.82) is 0 Å². The van der Waals surface area contributed by atoms with Crippen molar-refractivity contribution in [3.8, 4) is 11.1 Å². The van der Waals surface area contributed by atoms with Gasteiger partial charge in [-0.2, -0.15) is 5.10 Å². The van der Waals surface area contributed by atoms with Gasteiger partial charge in [0, 0.05) is 17.4 Å². The summed E-state index contributed by atoms with van der Waals surface area (Å²) in [6.45, 7) is 1.64. The van der Waals surface area contributed by atoms with Crippen molar-refractivity contribution in [2.45, 2.75) is 18.9 Å². The molecule has 3 N–H and O–H groups in total. The summed E-state index contributed by atoms with van der Waals surface area (Å²) in [5.74, 6) is -0.242. The van der Waals surface area contributed by atoms with E-state index >= 15 is 0 Å². The molecule has 0 bridgehead atoms. The van der Waals surface area contributed by atoms with Crippen LogP contribution in [0.15, 0.2) is 67.0 Å². The van der Waals surface area contributed by atoms with E-state index in [9.17, 15) is 9.90 Å². The number of hydrogen-bond acceptors (Lipinski definition) is 3. The van der Waals surface area contributed by atoms with Crippen molar-refractivity contribution in [3.63, 3.8) is 0 Å². The molecule has 122 valence electrons. The molecule has 2 aromatic carbocycles. The molecule has 0 aliphatic heterocycles. The number of anilines is 1. The average molecular weight is 321 g/mol. The van der Waals surface area contributed by atoms with Gasteiger partial charge in [0.15, 0.2) is 0 Å². The van der Waals surface area contributed by atoms with Crippen LogP contribution in [0.5, 0.6) is 0 Å². The molecule has 1 aromatic heterocycles. The number of nitrogens with one attached hydrogen (secondary N) is 2. The second kappa shape index (κ2) is 6.68. The first-order chi connectivity index (χ1) is 11.5. The third kappa shape index (κ3) is 3.70. The number of amides is 1. The van der Waals surface area contributed by atoms with E-state index in [1.807, 2.05) is 54.6 Å². The maximum absolute atomic E-state index is 12.3. The summed E-state index contributed by atoms with van der Waals surface area (Å²) in [4.78, 5) is 12.3. The van der Waals surface area contributed by atoms with Crippen LogP contribution in [0.3, 0.4) is 0 Å². The first-order valence-corrected chi connectivity index (χ1v) is 7.71. The summed E-state index contributed by atoms with van der Waals surface area (Å²) in [6, 6.07) is 16.7. The van der Waals surface area contributed by atoms with Crippen LogP contribution in [0.25, 0.3) is 11.1 Å². The molecule has 0 saturated carbocycles. The average Bonchev–Trinajstić information content (AvgIpc) is 3.10. The van der Waals surface area contributed by atoms with Crippen molar-refractivity contribution in [1.82, 2.24) is 10.2 Å². The quantitative estimate of drug-likeness (QED) is 0.674. The Balaban J connectivity index is 1.70. The van der Waals surface area contributed by atoms with Gasteiger partial charge in [0.05, 0.1) is 18.2 Å². The van der Waals surface area contributed by atoms with Crippen LogP contribution in [-0.4, -0.2) is 21.2 Å². The standard InChI is InChI=1S/C19H19N3O2/c1-19(24,16-7-3-2-4-8-16)11-18(23)22-17-9-5-6-14(10-17)15-12-20-21-13-15/h2-10,12-13,24H,11H2,1H3,(H,20,21)(H,22,23)/t19-/m0/s1. The van der Waals surface area contributed by atoms with Gasteiger partial charge < -0.3 is 10.4 Å². The van der Waals surface area contributed by atoms with E-state index in [0.29, 0.717) is 11.3 Å². The second-order valence-electron chi connectivity index (χ2n) is 5.93. The lowest BCUT2D eigenvalue weighted by atomic mass is 9.92. The Morgan fingerprint density at radius 1 is 1.17 bits per heavy atom. The summed E-state index contributed by atoms with van der Waals surface area (Å²) >= 11 is 0. The largest absolute Gasteiger partial charge is 0.385 e. The van der Waals surface area contributed by atoms with E-state index in [1.54, 1.807) is 19.3 Å². The summed E-state index contributed by atoms with van der Waals surface area (Å²) in [5, 5.41) is 20.1. The minimum Gasteiger partial charge on any atom is -0.385 e. The Morgan fingerprint density at radius 3 is 2.67 bits per heavy atom. The molecule has 1 amide bonds. The molecule has 0 saturated heterocycles. The number of benzene rings is 2. The monoisotopic (exact) mass is 321 g/mol. The normalized spacial score (nSPS) is 13.2. The summed E-state index contributed by atoms with van der Waals surface area (Å²) in [5.41, 5.74) is 2.08. The minimum atomic E-state index is -1.21. The number of aromatic amines is 1. The number of H-pyrrole nitrogens is 1. The second-order valence-corrected chi connectivity index (χ2v) is 5.93. The van der Waals surface area contributed by atoms with E-state index in [4.69, 9.17) is 0 Å². The predicted molar refractivity (Wildman–Crippen MR) is 93.3 cm³/mol. The van der Waals surface area contributed by atoms with Gasteiger partial charge in [0.25, 0.3) is 0 Å². The number of aromatic nitrogens is 2. The fourth-order valence-corrected chi connectivity index (χ4v) is 2.60. The topological polar surface area (TPSA) is 78.0 Å². The van der Waals surface area contributed by atoms with Crippen molar-refractivity contribution >= 4 is 11.6 Å². The van der Waals surface area contributed by atoms with Gasteiger partial charge in [0.2, 0.25) is 5.91 Å². The van der Waals surface area contributed by atoms with Gasteiger partial charge in [-0.25, -0.2) is 0 Å². The Hall–Kier alpha value is -2.92. The zero-order chi connectivity index (χ0) is 17.0. The molecule has 3 rings (SSSR count). The molecule has 1 heterocycles. The molecule has 0 fully saturated rings. The van der Waals surface area contributed by atoms with Crippen LogP contribution in [0, 0.1) is 0 Å². The molecule has 0 radical (unpaired) electrons. The number of rotatable bonds is 5. The first kappa shape index (κ1) is 16.0. The van der Waals surface area contributed by atoms with Crippen molar-refractivity contribution in [2.24, 2.45) is 0 Å². The fraction of sp³-hybridized carbons (Fsp3) is 0.158. The van der Waals surface area contributed by atoms with E-state index in [0.717, 1.165) is 11.1 Å². The predicted octanol–water partition coefficient (Wildman–Crippen LogP) is 3.31. The summed E-state index contributed by atoms with van der Waals surface area (Å²) < 4.78 is 0. The van der Waals surface area contributed by atoms with Crippen LogP contribution < -0.4 is 5.32 Å². The molecule has 24 heavy (non-hydrogen) atoms. The summed E-state index contributed by atoms with van der Waals surface area (Å²) in [7, 11) is 0. The van der Waals surface area contributed by atoms with E-state index in [1.165, 1.54) is 0 Å². The highest BCUT2D eigenvalue weighted by Crippen LogP contribution is 2.26. The Bertz CT molecular complexity index is 812. The van der Waals surface area contributed by atoms with E-state index in [2.05, 4.69) is 15.5 Å². The zero-order valence-corrected chi connectivity index (χ0v) is 13.4. The molecule has 5 nitrogen and oxygen atoms in total. The number of hydrogen-bond donors (Lipinski definition) is 3. The van der Waals surface area contributed by atoms with Crippen LogP contribution in [0.4, 0.5) is 5.69 Å². The third-order valence-electron chi connectivity index (χ3n) is 3.88. The van der Waals surface area contributed by atoms with Gasteiger partial charge in [-0.15, -0.1) is 0 Å². The van der Waals surface area contributed by atoms with Crippen LogP contribution in [0.2, 0.25) is 0 Å². The molecule has 1 atom stereocenters. The first-order valence-electron chi connectivity index (χ1n) is 7.71. The molecular formula is C19H19N3O2. The van der Waals surface area contributed by atoms with E-state index < -0.39 is 5.60 Å². The van der Waals surface area contributed by atoms with Gasteiger partial charge >= 0.3 is 0 Å². The van der Waals surface area contributed by atoms with Gasteiger partial charge in [0.1, 0.15) is 0 Å². The van der Waals surface area contributed by atoms with Crippen molar-refractivity contribution in [2.75, 3.05) is 5.32 Å². The van der Waals surface area contributed by atoms with Crippen LogP contribution in [-0.2, 0) is 10.4 Å². The highest BCUT2D eigenvalue weighted by Gasteiger charge is 2.26. The fourth-order valence-electron chi connectivity index (χ4n) is 2.60. The smallest absolute Gasteiger partial charge is 0.227 e. The maximum Gasteiger partial charge on any atom is 0.227 e. The lowest BCUT2D eigenvalue weighted by molar-refractivity contribution is -0.120. The Labute approximate surface area is 140 Å². The Morgan fingerprint density at radius 2 is 1.96 bits per heavy atom. The van der Waals surface area contributed by atoms with Crippen LogP contribution >= 0.6 is 0 Å². The highest BCUT2D eigenvalue weighted by molar-refractivity contribution is 5.92. The third-order valence-corrected chi connectivity index (χ3v) is 3.88. The van der Waals surface area contributed by atoms with Crippen molar-refractivity contribution < 1.29 is 9.90 Å². The SMILES string of the molecule is C[C@](O)(CC(=O)Nc1cccc(-c2cn[nH]c2)c1)c1ccccc1. The number of carbonyl (C=O) groups excluding carboxylic acids is 1. The van der Waals surface area contributed by atoms with Crippen LogP contribution in [0.1, 0.15) is 18.9 Å². The lowest BCUT2D eigenvalue weighted by Crippen LogP contribution is -2.28. The molecule has 0 aliphatic carbocycles. The number of nitrogens with zero attached hydrogens (tertiary/aromatic N) is 1.